The van der Waals surface area contributed by atoms with E-state index in [1.165, 1.54) is 17.7 Å². The van der Waals surface area contributed by atoms with Gasteiger partial charge in [0.15, 0.2) is 0 Å². The number of hydrogen-bond donors (Lipinski definition) is 0. The minimum Gasteiger partial charge on any atom is -0.340 e. The largest absolute Gasteiger partial charge is 0.340 e. The van der Waals surface area contributed by atoms with Crippen molar-refractivity contribution >= 4 is 11.8 Å². The van der Waals surface area contributed by atoms with Gasteiger partial charge in [-0.25, -0.2) is 4.39 Å². The van der Waals surface area contributed by atoms with Crippen LogP contribution in [0.3, 0.4) is 0 Å². The topological polar surface area (TPSA) is 40.6 Å². The maximum absolute atomic E-state index is 13.0. The Bertz CT molecular complexity index is 710. The second kappa shape index (κ2) is 8.68. The standard InChI is InChI=1S/C22H29FN2O2/c1-16(2)12-13-25-20-11-8-18(22(25)27)14-24(15-20)21(26)5-3-4-17-6-9-19(23)10-7-17/h6-7,9-10,12,18,20H,3-5,8,11,13-15H2,1-2H3. The number of allylic oxidation sites excluding steroid dienone is 1. The van der Waals surface area contributed by atoms with Crippen molar-refractivity contribution in [1.82, 2.24) is 9.80 Å². The molecule has 2 unspecified atom stereocenters. The fourth-order valence-corrected chi connectivity index (χ4v) is 4.02. The summed E-state index contributed by atoms with van der Waals surface area (Å²) in [7, 11) is 0. The molecule has 0 N–H and O–H groups in total. The van der Waals surface area contributed by atoms with Crippen molar-refractivity contribution in [3.8, 4) is 0 Å². The quantitative estimate of drug-likeness (QED) is 0.717. The summed E-state index contributed by atoms with van der Waals surface area (Å²) in [5.41, 5.74) is 2.25. The zero-order valence-corrected chi connectivity index (χ0v) is 16.3. The van der Waals surface area contributed by atoms with E-state index in [2.05, 4.69) is 6.08 Å². The van der Waals surface area contributed by atoms with Crippen molar-refractivity contribution in [2.45, 2.75) is 52.0 Å². The van der Waals surface area contributed by atoms with Gasteiger partial charge < -0.3 is 9.80 Å². The van der Waals surface area contributed by atoms with Gasteiger partial charge in [-0.05, 0) is 57.2 Å². The molecule has 1 aromatic rings. The van der Waals surface area contributed by atoms with E-state index < -0.39 is 0 Å². The van der Waals surface area contributed by atoms with Crippen molar-refractivity contribution in [3.63, 3.8) is 0 Å². The van der Waals surface area contributed by atoms with Crippen LogP contribution in [0.1, 0.15) is 45.1 Å². The molecule has 3 aliphatic heterocycles. The molecule has 0 saturated carbocycles. The first-order chi connectivity index (χ1) is 12.9. The predicted molar refractivity (Wildman–Crippen MR) is 104 cm³/mol. The molecule has 3 heterocycles. The maximum Gasteiger partial charge on any atom is 0.228 e. The molecule has 3 saturated heterocycles. The number of piperidine rings is 1. The van der Waals surface area contributed by atoms with Crippen LogP contribution in [-0.2, 0) is 16.0 Å². The zero-order chi connectivity index (χ0) is 19.4. The highest BCUT2D eigenvalue weighted by molar-refractivity contribution is 5.83. The summed E-state index contributed by atoms with van der Waals surface area (Å²) in [5, 5.41) is 0. The van der Waals surface area contributed by atoms with E-state index in [1.807, 2.05) is 23.6 Å². The summed E-state index contributed by atoms with van der Waals surface area (Å²) in [6.45, 7) is 5.92. The minimum atomic E-state index is -0.239. The van der Waals surface area contributed by atoms with Gasteiger partial charge in [0.25, 0.3) is 0 Å². The van der Waals surface area contributed by atoms with Crippen molar-refractivity contribution in [2.75, 3.05) is 19.6 Å². The molecule has 146 valence electrons. The first-order valence-corrected chi connectivity index (χ1v) is 9.90. The van der Waals surface area contributed by atoms with E-state index in [1.54, 1.807) is 12.1 Å². The van der Waals surface area contributed by atoms with Gasteiger partial charge in [-0.1, -0.05) is 23.8 Å². The summed E-state index contributed by atoms with van der Waals surface area (Å²) in [5.74, 6) is 0.0313. The molecule has 4 rings (SSSR count). The van der Waals surface area contributed by atoms with Crippen LogP contribution in [0.15, 0.2) is 35.9 Å². The van der Waals surface area contributed by atoms with Crippen molar-refractivity contribution < 1.29 is 14.0 Å². The second-order valence-electron chi connectivity index (χ2n) is 7.98. The van der Waals surface area contributed by atoms with Gasteiger partial charge in [0.1, 0.15) is 5.82 Å². The van der Waals surface area contributed by atoms with Gasteiger partial charge >= 0.3 is 0 Å². The minimum absolute atomic E-state index is 0.0599. The predicted octanol–water partition coefficient (Wildman–Crippen LogP) is 3.56. The third-order valence-corrected chi connectivity index (χ3v) is 5.61. The van der Waals surface area contributed by atoms with Gasteiger partial charge in [0.05, 0.1) is 5.92 Å². The molecule has 2 amide bonds. The third kappa shape index (κ3) is 4.96. The number of carbonyl (C=O) groups is 2. The van der Waals surface area contributed by atoms with Crippen LogP contribution in [0, 0.1) is 11.7 Å². The number of benzene rings is 1. The Morgan fingerprint density at radius 2 is 1.93 bits per heavy atom. The van der Waals surface area contributed by atoms with Crippen LogP contribution in [0.4, 0.5) is 4.39 Å². The molecule has 2 atom stereocenters. The molecule has 0 spiro atoms. The summed E-state index contributed by atoms with van der Waals surface area (Å²) in [6.07, 6.45) is 5.93. The van der Waals surface area contributed by atoms with Crippen LogP contribution in [0.5, 0.6) is 0 Å². The van der Waals surface area contributed by atoms with Crippen molar-refractivity contribution in [2.24, 2.45) is 5.92 Å². The number of aryl methyl sites for hydroxylation is 1. The summed E-state index contributed by atoms with van der Waals surface area (Å²) in [4.78, 5) is 29.3. The highest BCUT2D eigenvalue weighted by atomic mass is 19.1. The summed E-state index contributed by atoms with van der Waals surface area (Å²) < 4.78 is 13.0. The molecule has 1 aromatic carbocycles. The van der Waals surface area contributed by atoms with Crippen LogP contribution in [-0.4, -0.2) is 47.3 Å². The molecule has 5 heteroatoms. The van der Waals surface area contributed by atoms with Crippen molar-refractivity contribution in [1.29, 1.82) is 0 Å². The van der Waals surface area contributed by atoms with Crippen LogP contribution >= 0.6 is 0 Å². The number of nitrogens with zero attached hydrogens (tertiary/aromatic N) is 2. The van der Waals surface area contributed by atoms with E-state index in [9.17, 15) is 14.0 Å². The number of amides is 2. The van der Waals surface area contributed by atoms with E-state index >= 15 is 0 Å². The first-order valence-electron chi connectivity index (χ1n) is 9.90. The van der Waals surface area contributed by atoms with Gasteiger partial charge in [-0.2, -0.15) is 0 Å². The SMILES string of the molecule is CC(C)=CCN1C(=O)C2CCC1CN(C(=O)CCCc1ccc(F)cc1)C2. The van der Waals surface area contributed by atoms with Gasteiger partial charge in [0.2, 0.25) is 11.8 Å². The monoisotopic (exact) mass is 372 g/mol. The molecule has 0 radical (unpaired) electrons. The maximum atomic E-state index is 13.0. The van der Waals surface area contributed by atoms with Crippen LogP contribution in [0.25, 0.3) is 0 Å². The lowest BCUT2D eigenvalue weighted by atomic mass is 9.94. The molecule has 0 aromatic heterocycles. The third-order valence-electron chi connectivity index (χ3n) is 5.61. The van der Waals surface area contributed by atoms with Crippen LogP contribution in [0.2, 0.25) is 0 Å². The summed E-state index contributed by atoms with van der Waals surface area (Å²) in [6, 6.07) is 6.58. The lowest BCUT2D eigenvalue weighted by Crippen LogP contribution is -2.48. The fraction of sp³-hybridized carbons (Fsp3) is 0.545. The number of halogens is 1. The molecular formula is C22H29FN2O2. The second-order valence-corrected chi connectivity index (χ2v) is 7.98. The fourth-order valence-electron chi connectivity index (χ4n) is 4.02. The van der Waals surface area contributed by atoms with E-state index in [0.717, 1.165) is 31.2 Å². The number of fused-ring (bicyclic) bond motifs is 4. The molecule has 4 nitrogen and oxygen atoms in total. The van der Waals surface area contributed by atoms with Gasteiger partial charge in [-0.3, -0.25) is 9.59 Å². The number of rotatable bonds is 6. The van der Waals surface area contributed by atoms with Gasteiger partial charge in [-0.15, -0.1) is 0 Å². The molecule has 3 aliphatic rings. The smallest absolute Gasteiger partial charge is 0.228 e. The Morgan fingerprint density at radius 1 is 1.19 bits per heavy atom. The molecule has 3 fully saturated rings. The summed E-state index contributed by atoms with van der Waals surface area (Å²) >= 11 is 0. The van der Waals surface area contributed by atoms with Gasteiger partial charge in [0, 0.05) is 32.1 Å². The molecule has 27 heavy (non-hydrogen) atoms. The Morgan fingerprint density at radius 3 is 2.63 bits per heavy atom. The van der Waals surface area contributed by atoms with E-state index in [4.69, 9.17) is 0 Å². The normalized spacial score (nSPS) is 22.0. The highest BCUT2D eigenvalue weighted by Gasteiger charge is 2.41. The number of carbonyl (C=O) groups excluding carboxylic acids is 2. The average Bonchev–Trinajstić information content (AvgIpc) is 2.93. The van der Waals surface area contributed by atoms with Crippen molar-refractivity contribution in [3.05, 3.63) is 47.3 Å². The molecule has 2 bridgehead atoms. The lowest BCUT2D eigenvalue weighted by Gasteiger charge is -2.35. The average molecular weight is 372 g/mol. The zero-order valence-electron chi connectivity index (χ0n) is 16.3. The Kier molecular flexibility index (Phi) is 6.30. The Hall–Kier alpha value is -2.17. The number of hydrogen-bond acceptors (Lipinski definition) is 2. The Labute approximate surface area is 161 Å². The lowest BCUT2D eigenvalue weighted by molar-refractivity contribution is -0.139. The van der Waals surface area contributed by atoms with E-state index in [0.29, 0.717) is 26.1 Å². The Balaban J connectivity index is 1.56. The van der Waals surface area contributed by atoms with E-state index in [-0.39, 0.29) is 29.6 Å². The molecular weight excluding hydrogens is 343 g/mol. The molecule has 0 aliphatic carbocycles. The first kappa shape index (κ1) is 19.6. The van der Waals surface area contributed by atoms with Crippen LogP contribution < -0.4 is 0 Å². The highest BCUT2D eigenvalue weighted by Crippen LogP contribution is 2.29.